The number of fused-ring (bicyclic) bond motifs is 1. The van der Waals surface area contributed by atoms with Crippen molar-refractivity contribution in [2.24, 2.45) is 0 Å². The first-order valence-electron chi connectivity index (χ1n) is 9.12. The Morgan fingerprint density at radius 3 is 2.29 bits per heavy atom. The molecule has 1 N–H and O–H groups in total. The molecule has 0 saturated carbocycles. The number of aryl methyl sites for hydroxylation is 1. The average Bonchev–Trinajstić information content (AvgIpc) is 2.97. The fraction of sp³-hybridized carbons (Fsp3) is 0.333. The lowest BCUT2D eigenvalue weighted by Crippen LogP contribution is -2.34. The van der Waals surface area contributed by atoms with Gasteiger partial charge in [-0.2, -0.15) is 0 Å². The van der Waals surface area contributed by atoms with E-state index in [1.807, 2.05) is 52.0 Å². The van der Waals surface area contributed by atoms with Gasteiger partial charge < -0.3 is 0 Å². The van der Waals surface area contributed by atoms with Crippen LogP contribution in [-0.2, 0) is 21.0 Å². The first-order chi connectivity index (χ1) is 13.0. The van der Waals surface area contributed by atoms with Crippen molar-refractivity contribution < 1.29 is 12.6 Å². The van der Waals surface area contributed by atoms with Gasteiger partial charge in [0.25, 0.3) is 10.0 Å². The number of benzene rings is 2. The molecule has 0 spiro atoms. The summed E-state index contributed by atoms with van der Waals surface area (Å²) in [6, 6.07) is 15.8. The number of rotatable bonds is 5. The predicted octanol–water partition coefficient (Wildman–Crippen LogP) is 4.30. The van der Waals surface area contributed by atoms with E-state index in [1.165, 1.54) is 3.97 Å². The molecule has 3 rings (SSSR count). The minimum atomic E-state index is -3.67. The van der Waals surface area contributed by atoms with E-state index in [2.05, 4.69) is 4.72 Å². The van der Waals surface area contributed by atoms with E-state index < -0.39 is 21.0 Å². The number of hydrogen-bond donors (Lipinski definition) is 1. The van der Waals surface area contributed by atoms with Crippen LogP contribution in [-0.4, -0.2) is 21.3 Å². The van der Waals surface area contributed by atoms with E-state index in [9.17, 15) is 12.6 Å². The lowest BCUT2D eigenvalue weighted by Gasteiger charge is -2.22. The van der Waals surface area contributed by atoms with Crippen LogP contribution in [0.5, 0.6) is 0 Å². The van der Waals surface area contributed by atoms with Gasteiger partial charge in [-0.25, -0.2) is 21.3 Å². The summed E-state index contributed by atoms with van der Waals surface area (Å²) in [6.07, 6.45) is 0. The maximum absolute atomic E-state index is 13.1. The standard InChI is InChI=1S/C21H26N2O3S2/c1-15-13-18-14-17(16(2)22-27(24)21(3,4)5)11-12-20(18)23(15)28(25,26)19-9-7-6-8-10-19/h6-14,16,22H,1-5H3. The van der Waals surface area contributed by atoms with Crippen LogP contribution in [0.15, 0.2) is 59.5 Å². The largest absolute Gasteiger partial charge is 0.268 e. The first kappa shape index (κ1) is 20.8. The molecule has 2 aromatic carbocycles. The van der Waals surface area contributed by atoms with Crippen molar-refractivity contribution in [3.63, 3.8) is 0 Å². The third-order valence-corrected chi connectivity index (χ3v) is 8.09. The molecule has 0 aliphatic carbocycles. The van der Waals surface area contributed by atoms with Crippen LogP contribution in [0, 0.1) is 6.92 Å². The molecule has 1 aromatic heterocycles. The van der Waals surface area contributed by atoms with Gasteiger partial charge in [0.05, 0.1) is 26.1 Å². The van der Waals surface area contributed by atoms with Crippen LogP contribution in [0.25, 0.3) is 10.9 Å². The van der Waals surface area contributed by atoms with Gasteiger partial charge in [0.2, 0.25) is 0 Å². The van der Waals surface area contributed by atoms with E-state index in [4.69, 9.17) is 0 Å². The Balaban J connectivity index is 2.02. The molecule has 0 saturated heterocycles. The molecule has 0 fully saturated rings. The summed E-state index contributed by atoms with van der Waals surface area (Å²) in [6.45, 7) is 9.50. The van der Waals surface area contributed by atoms with Crippen molar-refractivity contribution >= 4 is 31.9 Å². The summed E-state index contributed by atoms with van der Waals surface area (Å²) >= 11 is 0. The van der Waals surface area contributed by atoms with Gasteiger partial charge in [0, 0.05) is 17.1 Å². The molecule has 7 heteroatoms. The molecule has 2 unspecified atom stereocenters. The summed E-state index contributed by atoms with van der Waals surface area (Å²) in [7, 11) is -4.86. The fourth-order valence-corrected chi connectivity index (χ4v) is 5.42. The number of aromatic nitrogens is 1. The van der Waals surface area contributed by atoms with Gasteiger partial charge in [-0.1, -0.05) is 24.3 Å². The van der Waals surface area contributed by atoms with E-state index in [0.29, 0.717) is 11.2 Å². The van der Waals surface area contributed by atoms with Crippen molar-refractivity contribution in [1.29, 1.82) is 0 Å². The Bertz CT molecular complexity index is 1130. The quantitative estimate of drug-likeness (QED) is 0.672. The van der Waals surface area contributed by atoms with Gasteiger partial charge >= 0.3 is 0 Å². The molecule has 0 aliphatic heterocycles. The van der Waals surface area contributed by atoms with Crippen LogP contribution < -0.4 is 4.72 Å². The zero-order chi connectivity index (χ0) is 20.7. The molecule has 3 aromatic rings. The summed E-state index contributed by atoms with van der Waals surface area (Å²) in [5.74, 6) is 0. The van der Waals surface area contributed by atoms with Crippen molar-refractivity contribution in [3.8, 4) is 0 Å². The summed E-state index contributed by atoms with van der Waals surface area (Å²) < 4.78 is 42.8. The smallest absolute Gasteiger partial charge is 0.242 e. The Morgan fingerprint density at radius 2 is 1.68 bits per heavy atom. The van der Waals surface area contributed by atoms with E-state index in [-0.39, 0.29) is 15.7 Å². The lowest BCUT2D eigenvalue weighted by molar-refractivity contribution is 0.588. The highest BCUT2D eigenvalue weighted by Gasteiger charge is 2.24. The SMILES string of the molecule is Cc1cc2cc(C(C)NS(=O)C(C)(C)C)ccc2n1S(=O)(=O)c1ccccc1. The van der Waals surface area contributed by atoms with Gasteiger partial charge in [-0.15, -0.1) is 0 Å². The molecule has 2 atom stereocenters. The van der Waals surface area contributed by atoms with Crippen LogP contribution in [0.3, 0.4) is 0 Å². The third-order valence-electron chi connectivity index (χ3n) is 4.58. The Labute approximate surface area is 169 Å². The molecule has 5 nitrogen and oxygen atoms in total. The maximum Gasteiger partial charge on any atom is 0.268 e. The molecule has 0 radical (unpaired) electrons. The van der Waals surface area contributed by atoms with Crippen LogP contribution in [0.2, 0.25) is 0 Å². The lowest BCUT2D eigenvalue weighted by atomic mass is 10.1. The normalized spacial score (nSPS) is 14.9. The first-order valence-corrected chi connectivity index (χ1v) is 11.7. The topological polar surface area (TPSA) is 68.2 Å². The van der Waals surface area contributed by atoms with E-state index >= 15 is 0 Å². The molecular weight excluding hydrogens is 392 g/mol. The molecule has 0 amide bonds. The minimum Gasteiger partial charge on any atom is -0.242 e. The summed E-state index contributed by atoms with van der Waals surface area (Å²) in [4.78, 5) is 0.260. The third kappa shape index (κ3) is 3.92. The van der Waals surface area contributed by atoms with Crippen molar-refractivity contribution in [2.45, 2.75) is 50.3 Å². The highest BCUT2D eigenvalue weighted by molar-refractivity contribution is 7.90. The second-order valence-electron chi connectivity index (χ2n) is 7.91. The van der Waals surface area contributed by atoms with E-state index in [0.717, 1.165) is 10.9 Å². The number of nitrogens with zero attached hydrogens (tertiary/aromatic N) is 1. The van der Waals surface area contributed by atoms with Gasteiger partial charge in [0.1, 0.15) is 0 Å². The predicted molar refractivity (Wildman–Crippen MR) is 115 cm³/mol. The molecule has 0 aliphatic rings. The molecular formula is C21H26N2O3S2. The van der Waals surface area contributed by atoms with Crippen LogP contribution in [0.4, 0.5) is 0 Å². The monoisotopic (exact) mass is 418 g/mol. The number of hydrogen-bond acceptors (Lipinski definition) is 3. The number of nitrogens with one attached hydrogen (secondary N) is 1. The fourth-order valence-electron chi connectivity index (χ4n) is 3.04. The van der Waals surface area contributed by atoms with Crippen LogP contribution >= 0.6 is 0 Å². The Hall–Kier alpha value is -1.96. The molecule has 150 valence electrons. The second kappa shape index (κ2) is 7.46. The summed E-state index contributed by atoms with van der Waals surface area (Å²) in [5.41, 5.74) is 2.24. The highest BCUT2D eigenvalue weighted by atomic mass is 32.2. The molecule has 1 heterocycles. The van der Waals surface area contributed by atoms with Crippen molar-refractivity contribution in [1.82, 2.24) is 8.69 Å². The highest BCUT2D eigenvalue weighted by Crippen LogP contribution is 2.28. The zero-order valence-corrected chi connectivity index (χ0v) is 18.4. The average molecular weight is 419 g/mol. The van der Waals surface area contributed by atoms with E-state index in [1.54, 1.807) is 37.3 Å². The van der Waals surface area contributed by atoms with Crippen molar-refractivity contribution in [3.05, 3.63) is 65.9 Å². The molecule has 0 bridgehead atoms. The van der Waals surface area contributed by atoms with Gasteiger partial charge in [0.15, 0.2) is 0 Å². The van der Waals surface area contributed by atoms with Gasteiger partial charge in [-0.3, -0.25) is 0 Å². The summed E-state index contributed by atoms with van der Waals surface area (Å²) in [5, 5.41) is 0.838. The van der Waals surface area contributed by atoms with Crippen LogP contribution in [0.1, 0.15) is 45.0 Å². The molecule has 28 heavy (non-hydrogen) atoms. The Morgan fingerprint density at radius 1 is 1.04 bits per heavy atom. The van der Waals surface area contributed by atoms with Gasteiger partial charge in [-0.05, 0) is 70.5 Å². The maximum atomic E-state index is 13.1. The minimum absolute atomic E-state index is 0.126. The second-order valence-corrected chi connectivity index (χ2v) is 11.7. The Kier molecular flexibility index (Phi) is 5.53. The van der Waals surface area contributed by atoms with Crippen molar-refractivity contribution in [2.75, 3.05) is 0 Å². The zero-order valence-electron chi connectivity index (χ0n) is 16.8.